The van der Waals surface area contributed by atoms with Crippen molar-refractivity contribution in [3.63, 3.8) is 0 Å². The molecule has 0 aliphatic heterocycles. The molecule has 0 aliphatic rings. The van der Waals surface area contributed by atoms with Gasteiger partial charge in [-0.15, -0.1) is 0 Å². The van der Waals surface area contributed by atoms with Crippen LogP contribution < -0.4 is 4.74 Å². The summed E-state index contributed by atoms with van der Waals surface area (Å²) in [6, 6.07) is 9.49. The third-order valence-corrected chi connectivity index (χ3v) is 2.87. The number of nitrogens with zero attached hydrogens (tertiary/aromatic N) is 3. The van der Waals surface area contributed by atoms with Crippen LogP contribution in [0, 0.1) is 11.3 Å². The van der Waals surface area contributed by atoms with Crippen molar-refractivity contribution >= 4 is 0 Å². The summed E-state index contributed by atoms with van der Waals surface area (Å²) in [5.41, 5.74) is 1.24. The molecular formula is C16H17N3O2. The van der Waals surface area contributed by atoms with Gasteiger partial charge in [0.05, 0.1) is 19.1 Å². The zero-order valence-corrected chi connectivity index (χ0v) is 12.0. The quantitative estimate of drug-likeness (QED) is 0.574. The predicted molar refractivity (Wildman–Crippen MR) is 78.6 cm³/mol. The van der Waals surface area contributed by atoms with Crippen molar-refractivity contribution in [3.8, 4) is 23.2 Å². The van der Waals surface area contributed by atoms with Crippen LogP contribution in [0.5, 0.6) is 5.75 Å². The molecule has 1 heterocycles. The Bertz CT molecular complexity index is 638. The lowest BCUT2D eigenvalue weighted by molar-refractivity contribution is 0.309. The minimum absolute atomic E-state index is 0.279. The van der Waals surface area contributed by atoms with E-state index >= 15 is 0 Å². The molecule has 0 saturated carbocycles. The third-order valence-electron chi connectivity index (χ3n) is 2.87. The van der Waals surface area contributed by atoms with Gasteiger partial charge in [0.1, 0.15) is 5.75 Å². The lowest BCUT2D eigenvalue weighted by Gasteiger charge is -2.04. The number of rotatable bonds is 7. The summed E-state index contributed by atoms with van der Waals surface area (Å²) in [6.07, 6.45) is 2.43. The minimum Gasteiger partial charge on any atom is -0.494 e. The first kappa shape index (κ1) is 14.8. The monoisotopic (exact) mass is 283 g/mol. The topological polar surface area (TPSA) is 71.9 Å². The number of benzene rings is 1. The molecule has 0 spiro atoms. The maximum absolute atomic E-state index is 8.69. The molecule has 0 fully saturated rings. The fourth-order valence-electron chi connectivity index (χ4n) is 1.70. The van der Waals surface area contributed by atoms with Gasteiger partial charge in [-0.2, -0.15) is 10.2 Å². The van der Waals surface area contributed by atoms with E-state index in [2.05, 4.69) is 23.6 Å². The molecule has 108 valence electrons. The molecule has 0 aliphatic carbocycles. The Morgan fingerprint density at radius 1 is 1.38 bits per heavy atom. The van der Waals surface area contributed by atoms with Crippen molar-refractivity contribution in [3.05, 3.63) is 42.3 Å². The van der Waals surface area contributed by atoms with Crippen molar-refractivity contribution in [2.24, 2.45) is 0 Å². The van der Waals surface area contributed by atoms with Crippen molar-refractivity contribution in [1.29, 1.82) is 5.26 Å². The van der Waals surface area contributed by atoms with Crippen LogP contribution in [0.1, 0.15) is 25.7 Å². The Morgan fingerprint density at radius 3 is 2.81 bits per heavy atom. The normalized spacial score (nSPS) is 10.1. The molecule has 5 nitrogen and oxygen atoms in total. The number of ether oxygens (including phenoxy) is 1. The van der Waals surface area contributed by atoms with E-state index in [4.69, 9.17) is 14.5 Å². The summed E-state index contributed by atoms with van der Waals surface area (Å²) in [7, 11) is 0. The lowest BCUT2D eigenvalue weighted by atomic mass is 10.2. The fourth-order valence-corrected chi connectivity index (χ4v) is 1.70. The molecule has 1 aromatic carbocycles. The number of aromatic nitrogens is 2. The minimum atomic E-state index is 0.279. The molecule has 0 saturated heterocycles. The number of nitriles is 1. The second-order valence-electron chi connectivity index (χ2n) is 4.63. The zero-order valence-electron chi connectivity index (χ0n) is 12.0. The number of allylic oxidation sites excluding steroid dienone is 1. The van der Waals surface area contributed by atoms with Crippen LogP contribution in [0.15, 0.2) is 40.9 Å². The number of hydrogen-bond acceptors (Lipinski definition) is 5. The largest absolute Gasteiger partial charge is 0.494 e. The van der Waals surface area contributed by atoms with Crippen molar-refractivity contribution < 1.29 is 9.26 Å². The highest BCUT2D eigenvalue weighted by molar-refractivity contribution is 5.55. The van der Waals surface area contributed by atoms with Crippen LogP contribution in [0.4, 0.5) is 0 Å². The van der Waals surface area contributed by atoms with Crippen LogP contribution >= 0.6 is 0 Å². The van der Waals surface area contributed by atoms with Gasteiger partial charge in [-0.3, -0.25) is 0 Å². The van der Waals surface area contributed by atoms with Gasteiger partial charge in [-0.05, 0) is 30.7 Å². The SMILES string of the molecule is C=C(C#N)Cc1nc(-c2ccc(OCCCC)cc2)no1. The van der Waals surface area contributed by atoms with Gasteiger partial charge in [0.15, 0.2) is 0 Å². The van der Waals surface area contributed by atoms with Crippen molar-refractivity contribution in [2.75, 3.05) is 6.61 Å². The Kier molecular flexibility index (Phi) is 5.10. The Morgan fingerprint density at radius 2 is 2.14 bits per heavy atom. The van der Waals surface area contributed by atoms with E-state index in [0.29, 0.717) is 17.3 Å². The predicted octanol–water partition coefficient (Wildman–Crippen LogP) is 3.54. The van der Waals surface area contributed by atoms with E-state index < -0.39 is 0 Å². The first-order chi connectivity index (χ1) is 10.2. The highest BCUT2D eigenvalue weighted by Gasteiger charge is 2.09. The number of unbranched alkanes of at least 4 members (excludes halogenated alkanes) is 1. The molecule has 1 aromatic heterocycles. The van der Waals surface area contributed by atoms with Gasteiger partial charge in [-0.1, -0.05) is 25.1 Å². The van der Waals surface area contributed by atoms with E-state index in [-0.39, 0.29) is 6.42 Å². The van der Waals surface area contributed by atoms with Gasteiger partial charge in [0, 0.05) is 11.1 Å². The molecule has 0 amide bonds. The third kappa shape index (κ3) is 4.18. The second kappa shape index (κ2) is 7.25. The van der Waals surface area contributed by atoms with Gasteiger partial charge in [0.2, 0.25) is 11.7 Å². The van der Waals surface area contributed by atoms with E-state index in [0.717, 1.165) is 30.8 Å². The number of hydrogen-bond donors (Lipinski definition) is 0. The molecule has 0 atom stereocenters. The summed E-state index contributed by atoms with van der Waals surface area (Å²) >= 11 is 0. The maximum Gasteiger partial charge on any atom is 0.232 e. The standard InChI is InChI=1S/C16H17N3O2/c1-3-4-9-20-14-7-5-13(6-8-14)16-18-15(21-19-16)10-12(2)11-17/h5-8H,2-4,9-10H2,1H3. The molecule has 0 N–H and O–H groups in total. The van der Waals surface area contributed by atoms with E-state index in [1.165, 1.54) is 0 Å². The second-order valence-corrected chi connectivity index (χ2v) is 4.63. The van der Waals surface area contributed by atoms with E-state index in [1.54, 1.807) is 0 Å². The molecule has 2 aromatic rings. The molecule has 0 bridgehead atoms. The summed E-state index contributed by atoms with van der Waals surface area (Å²) in [6.45, 7) is 6.44. The van der Waals surface area contributed by atoms with Crippen LogP contribution in [-0.4, -0.2) is 16.7 Å². The van der Waals surface area contributed by atoms with Crippen LogP contribution in [0.25, 0.3) is 11.4 Å². The molecule has 0 unspecified atom stereocenters. The Hall–Kier alpha value is -2.61. The molecule has 5 heteroatoms. The molecular weight excluding hydrogens is 266 g/mol. The first-order valence-corrected chi connectivity index (χ1v) is 6.86. The highest BCUT2D eigenvalue weighted by Crippen LogP contribution is 2.20. The fraction of sp³-hybridized carbons (Fsp3) is 0.312. The first-order valence-electron chi connectivity index (χ1n) is 6.86. The Balaban J connectivity index is 2.02. The molecule has 2 rings (SSSR count). The van der Waals surface area contributed by atoms with Gasteiger partial charge < -0.3 is 9.26 Å². The molecule has 0 radical (unpaired) electrons. The van der Waals surface area contributed by atoms with E-state index in [1.807, 2.05) is 30.3 Å². The van der Waals surface area contributed by atoms with Crippen LogP contribution in [-0.2, 0) is 6.42 Å². The summed E-state index contributed by atoms with van der Waals surface area (Å²) < 4.78 is 10.7. The molecule has 21 heavy (non-hydrogen) atoms. The summed E-state index contributed by atoms with van der Waals surface area (Å²) in [5, 5.41) is 12.6. The smallest absolute Gasteiger partial charge is 0.232 e. The lowest BCUT2D eigenvalue weighted by Crippen LogP contribution is -1.96. The van der Waals surface area contributed by atoms with E-state index in [9.17, 15) is 0 Å². The van der Waals surface area contributed by atoms with Gasteiger partial charge >= 0.3 is 0 Å². The van der Waals surface area contributed by atoms with Gasteiger partial charge in [-0.25, -0.2) is 0 Å². The maximum atomic E-state index is 8.69. The summed E-state index contributed by atoms with van der Waals surface area (Å²) in [5.74, 6) is 1.71. The van der Waals surface area contributed by atoms with Crippen molar-refractivity contribution in [1.82, 2.24) is 10.1 Å². The van der Waals surface area contributed by atoms with Gasteiger partial charge in [0.25, 0.3) is 0 Å². The highest BCUT2D eigenvalue weighted by atomic mass is 16.5. The van der Waals surface area contributed by atoms with Crippen LogP contribution in [0.2, 0.25) is 0 Å². The average Bonchev–Trinajstić information content (AvgIpc) is 2.96. The van der Waals surface area contributed by atoms with Crippen molar-refractivity contribution in [2.45, 2.75) is 26.2 Å². The van der Waals surface area contributed by atoms with Crippen LogP contribution in [0.3, 0.4) is 0 Å². The summed E-state index contributed by atoms with van der Waals surface area (Å²) in [4.78, 5) is 4.24. The Labute approximate surface area is 123 Å². The average molecular weight is 283 g/mol. The zero-order chi connectivity index (χ0) is 15.1.